The van der Waals surface area contributed by atoms with Gasteiger partial charge >= 0.3 is 6.18 Å². The Labute approximate surface area is 153 Å². The molecule has 0 fully saturated rings. The molecule has 0 bridgehead atoms. The zero-order valence-corrected chi connectivity index (χ0v) is 14.4. The average Bonchev–Trinajstić information content (AvgIpc) is 3.06. The summed E-state index contributed by atoms with van der Waals surface area (Å²) in [5.74, 6) is -0.373. The van der Waals surface area contributed by atoms with Gasteiger partial charge in [0.2, 0.25) is 5.91 Å². The lowest BCUT2D eigenvalue weighted by molar-refractivity contribution is -0.137. The third-order valence-corrected chi connectivity index (χ3v) is 3.85. The van der Waals surface area contributed by atoms with Crippen molar-refractivity contribution in [1.29, 1.82) is 0 Å². The predicted molar refractivity (Wildman–Crippen MR) is 96.9 cm³/mol. The molecule has 1 heterocycles. The number of rotatable bonds is 5. The fraction of sp³-hybridized carbons (Fsp3) is 0.158. The van der Waals surface area contributed by atoms with Gasteiger partial charge in [0.05, 0.1) is 17.8 Å². The highest BCUT2D eigenvalue weighted by molar-refractivity contribution is 5.94. The highest BCUT2D eigenvalue weighted by Crippen LogP contribution is 2.30. The van der Waals surface area contributed by atoms with Gasteiger partial charge in [-0.25, -0.2) is 4.68 Å². The smallest absolute Gasteiger partial charge is 0.376 e. The number of aromatic nitrogens is 2. The number of carbonyl (C=O) groups is 1. The van der Waals surface area contributed by atoms with Gasteiger partial charge in [0.15, 0.2) is 0 Å². The maximum atomic E-state index is 12.7. The fourth-order valence-corrected chi connectivity index (χ4v) is 2.55. The number of benzene rings is 2. The quantitative estimate of drug-likeness (QED) is 0.702. The van der Waals surface area contributed by atoms with Crippen LogP contribution in [0.4, 0.5) is 24.5 Å². The first-order valence-corrected chi connectivity index (χ1v) is 8.15. The molecule has 0 unspecified atom stereocenters. The summed E-state index contributed by atoms with van der Waals surface area (Å²) in [5.41, 5.74) is 1.76. The highest BCUT2D eigenvalue weighted by Gasteiger charge is 2.30. The number of amides is 1. The standard InChI is InChI=1S/C19H17F3N4O/c1-13-8-9-24-26(13)17-7-3-6-16(11-17)25-18(27)12-23-15-5-2-4-14(10-15)19(20,21)22/h2-11,23H,12H2,1H3,(H,25,27). The Hall–Kier alpha value is -3.29. The number of halogens is 3. The van der Waals surface area contributed by atoms with Crippen molar-refractivity contribution in [3.8, 4) is 5.69 Å². The van der Waals surface area contributed by atoms with Crippen LogP contribution in [0.1, 0.15) is 11.3 Å². The molecule has 27 heavy (non-hydrogen) atoms. The zero-order chi connectivity index (χ0) is 19.4. The van der Waals surface area contributed by atoms with Gasteiger partial charge in [-0.05, 0) is 49.4 Å². The Bertz CT molecular complexity index is 950. The molecule has 140 valence electrons. The molecule has 0 spiro atoms. The van der Waals surface area contributed by atoms with Gasteiger partial charge in [-0.15, -0.1) is 0 Å². The molecule has 0 atom stereocenters. The first kappa shape index (κ1) is 18.5. The average molecular weight is 374 g/mol. The van der Waals surface area contributed by atoms with E-state index >= 15 is 0 Å². The molecule has 0 aliphatic heterocycles. The number of nitrogens with zero attached hydrogens (tertiary/aromatic N) is 2. The van der Waals surface area contributed by atoms with Crippen LogP contribution in [0.3, 0.4) is 0 Å². The lowest BCUT2D eigenvalue weighted by Gasteiger charge is -2.11. The van der Waals surface area contributed by atoms with Crippen LogP contribution >= 0.6 is 0 Å². The second kappa shape index (κ2) is 7.53. The number of aryl methyl sites for hydroxylation is 1. The monoisotopic (exact) mass is 374 g/mol. The number of nitrogens with one attached hydrogen (secondary N) is 2. The van der Waals surface area contributed by atoms with Crippen molar-refractivity contribution in [2.24, 2.45) is 0 Å². The SMILES string of the molecule is Cc1ccnn1-c1cccc(NC(=O)CNc2cccc(C(F)(F)F)c2)c1. The normalized spacial score (nSPS) is 11.3. The van der Waals surface area contributed by atoms with Gasteiger partial charge in [0, 0.05) is 23.3 Å². The molecule has 1 aromatic heterocycles. The van der Waals surface area contributed by atoms with E-state index in [9.17, 15) is 18.0 Å². The Morgan fingerprint density at radius 2 is 1.81 bits per heavy atom. The third-order valence-electron chi connectivity index (χ3n) is 3.85. The van der Waals surface area contributed by atoms with Gasteiger partial charge in [0.25, 0.3) is 0 Å². The van der Waals surface area contributed by atoms with Crippen LogP contribution in [0.25, 0.3) is 5.69 Å². The summed E-state index contributed by atoms with van der Waals surface area (Å²) in [6.07, 6.45) is -2.75. The van der Waals surface area contributed by atoms with Crippen molar-refractivity contribution < 1.29 is 18.0 Å². The van der Waals surface area contributed by atoms with Crippen molar-refractivity contribution in [2.45, 2.75) is 13.1 Å². The highest BCUT2D eigenvalue weighted by atomic mass is 19.4. The molecule has 2 N–H and O–H groups in total. The topological polar surface area (TPSA) is 59.0 Å². The molecule has 0 saturated heterocycles. The van der Waals surface area contributed by atoms with Crippen LogP contribution in [0.15, 0.2) is 60.8 Å². The summed E-state index contributed by atoms with van der Waals surface area (Å²) in [4.78, 5) is 12.1. The van der Waals surface area contributed by atoms with E-state index in [1.165, 1.54) is 12.1 Å². The van der Waals surface area contributed by atoms with Crippen molar-refractivity contribution in [2.75, 3.05) is 17.2 Å². The minimum Gasteiger partial charge on any atom is -0.376 e. The molecular weight excluding hydrogens is 357 g/mol. The molecule has 2 aromatic carbocycles. The number of hydrogen-bond acceptors (Lipinski definition) is 3. The number of carbonyl (C=O) groups excluding carboxylic acids is 1. The molecule has 0 aliphatic rings. The van der Waals surface area contributed by atoms with Crippen molar-refractivity contribution >= 4 is 17.3 Å². The summed E-state index contributed by atoms with van der Waals surface area (Å²) < 4.78 is 39.9. The second-order valence-corrected chi connectivity index (χ2v) is 5.92. The Morgan fingerprint density at radius 1 is 1.07 bits per heavy atom. The van der Waals surface area contributed by atoms with Gasteiger partial charge in [-0.1, -0.05) is 12.1 Å². The number of anilines is 2. The van der Waals surface area contributed by atoms with Crippen LogP contribution in [-0.4, -0.2) is 22.2 Å². The molecule has 1 amide bonds. The fourth-order valence-electron chi connectivity index (χ4n) is 2.55. The van der Waals surface area contributed by atoms with Crippen LogP contribution in [0.5, 0.6) is 0 Å². The first-order chi connectivity index (χ1) is 12.8. The molecule has 0 radical (unpaired) electrons. The summed E-state index contributed by atoms with van der Waals surface area (Å²) in [5, 5.41) is 9.62. The van der Waals surface area contributed by atoms with Crippen LogP contribution in [0, 0.1) is 6.92 Å². The lowest BCUT2D eigenvalue weighted by Crippen LogP contribution is -2.22. The molecule has 0 saturated carbocycles. The van der Waals surface area contributed by atoms with E-state index in [0.717, 1.165) is 23.5 Å². The van der Waals surface area contributed by atoms with Crippen LogP contribution in [-0.2, 0) is 11.0 Å². The Morgan fingerprint density at radius 3 is 2.52 bits per heavy atom. The maximum absolute atomic E-state index is 12.7. The van der Waals surface area contributed by atoms with E-state index < -0.39 is 11.7 Å². The summed E-state index contributed by atoms with van der Waals surface area (Å²) >= 11 is 0. The zero-order valence-electron chi connectivity index (χ0n) is 14.4. The summed E-state index contributed by atoms with van der Waals surface area (Å²) in [6, 6.07) is 13.7. The number of alkyl halides is 3. The number of hydrogen-bond donors (Lipinski definition) is 2. The van der Waals surface area contributed by atoms with Gasteiger partial charge < -0.3 is 10.6 Å². The molecule has 0 aliphatic carbocycles. The first-order valence-electron chi connectivity index (χ1n) is 8.15. The van der Waals surface area contributed by atoms with Crippen LogP contribution in [0.2, 0.25) is 0 Å². The van der Waals surface area contributed by atoms with E-state index in [-0.39, 0.29) is 18.1 Å². The Balaban J connectivity index is 1.63. The van der Waals surface area contributed by atoms with Gasteiger partial charge in [-0.2, -0.15) is 18.3 Å². The van der Waals surface area contributed by atoms with E-state index in [0.29, 0.717) is 5.69 Å². The largest absolute Gasteiger partial charge is 0.416 e. The van der Waals surface area contributed by atoms with E-state index in [4.69, 9.17) is 0 Å². The molecule has 8 heteroatoms. The molecule has 5 nitrogen and oxygen atoms in total. The predicted octanol–water partition coefficient (Wildman–Crippen LogP) is 4.25. The third kappa shape index (κ3) is 4.66. The van der Waals surface area contributed by atoms with E-state index in [1.54, 1.807) is 29.1 Å². The summed E-state index contributed by atoms with van der Waals surface area (Å²) in [7, 11) is 0. The minimum absolute atomic E-state index is 0.160. The van der Waals surface area contributed by atoms with E-state index in [1.807, 2.05) is 19.1 Å². The summed E-state index contributed by atoms with van der Waals surface area (Å²) in [6.45, 7) is 1.75. The van der Waals surface area contributed by atoms with E-state index in [2.05, 4.69) is 15.7 Å². The van der Waals surface area contributed by atoms with Crippen molar-refractivity contribution in [3.05, 3.63) is 72.1 Å². The maximum Gasteiger partial charge on any atom is 0.416 e. The molecule has 3 rings (SSSR count). The van der Waals surface area contributed by atoms with Crippen LogP contribution < -0.4 is 10.6 Å². The second-order valence-electron chi connectivity index (χ2n) is 5.92. The van der Waals surface area contributed by atoms with Gasteiger partial charge in [0.1, 0.15) is 0 Å². The minimum atomic E-state index is -4.43. The lowest BCUT2D eigenvalue weighted by atomic mass is 10.2. The molecular formula is C19H17F3N4O. The Kier molecular flexibility index (Phi) is 5.16. The molecule has 3 aromatic rings. The van der Waals surface area contributed by atoms with Gasteiger partial charge in [-0.3, -0.25) is 4.79 Å². The van der Waals surface area contributed by atoms with Crippen molar-refractivity contribution in [3.63, 3.8) is 0 Å². The van der Waals surface area contributed by atoms with Crippen molar-refractivity contribution in [1.82, 2.24) is 9.78 Å².